The molecule has 3 aromatic carbocycles. The van der Waals surface area contributed by atoms with Gasteiger partial charge in [-0.15, -0.1) is 0 Å². The highest BCUT2D eigenvalue weighted by molar-refractivity contribution is 6.30. The van der Waals surface area contributed by atoms with Crippen molar-refractivity contribution in [3.05, 3.63) is 100 Å². The van der Waals surface area contributed by atoms with Gasteiger partial charge in [-0.25, -0.2) is 14.5 Å². The number of rotatable bonds is 6. The number of H-pyrrole nitrogens is 1. The van der Waals surface area contributed by atoms with Gasteiger partial charge in [0, 0.05) is 28.0 Å². The number of carbonyl (C=O) groups is 4. The molecule has 6 rings (SSSR count). The largest absolute Gasteiger partial charge is 0.480 e. The summed E-state index contributed by atoms with van der Waals surface area (Å²) in [6, 6.07) is 18.1. The Morgan fingerprint density at radius 2 is 1.76 bits per heavy atom. The molecule has 9 nitrogen and oxygen atoms in total. The van der Waals surface area contributed by atoms with Crippen LogP contribution in [0.3, 0.4) is 0 Å². The Bertz CT molecular complexity index is 1730. The van der Waals surface area contributed by atoms with Gasteiger partial charge in [0.05, 0.1) is 11.3 Å². The standard InChI is InChI=1S/C31H27ClN4O5/c1-16(2)25(30(39)40)34-28(37)20-11-4-6-13-23(20)36-29(38)24-15-21-19-10-3-5-12-22(19)33-26(21)27(35(24)31(36)41)17-8-7-9-18(32)14-17/h3-14,16,24-25,27,33H,15H2,1-2H3,(H,34,37)(H,39,40)/t24-,25+,27+/m0/s1. The van der Waals surface area contributed by atoms with Crippen LogP contribution in [0, 0.1) is 5.92 Å². The van der Waals surface area contributed by atoms with Gasteiger partial charge in [-0.05, 0) is 47.4 Å². The zero-order chi connectivity index (χ0) is 29.0. The number of carbonyl (C=O) groups excluding carboxylic acids is 3. The quantitative estimate of drug-likeness (QED) is 0.277. The van der Waals surface area contributed by atoms with E-state index in [0.717, 1.165) is 32.6 Å². The summed E-state index contributed by atoms with van der Waals surface area (Å²) >= 11 is 6.37. The minimum Gasteiger partial charge on any atom is -0.480 e. The van der Waals surface area contributed by atoms with E-state index >= 15 is 0 Å². The molecule has 0 aliphatic carbocycles. The lowest BCUT2D eigenvalue weighted by Gasteiger charge is -2.36. The van der Waals surface area contributed by atoms with Crippen LogP contribution < -0.4 is 10.2 Å². The van der Waals surface area contributed by atoms with Crippen LogP contribution in [0.1, 0.15) is 47.1 Å². The van der Waals surface area contributed by atoms with E-state index in [2.05, 4.69) is 10.3 Å². The molecular weight excluding hydrogens is 544 g/mol. The number of aliphatic carboxylic acids is 1. The van der Waals surface area contributed by atoms with E-state index in [9.17, 15) is 24.3 Å². The highest BCUT2D eigenvalue weighted by atomic mass is 35.5. The van der Waals surface area contributed by atoms with Crippen LogP contribution in [-0.2, 0) is 16.0 Å². The number of nitrogens with zero attached hydrogens (tertiary/aromatic N) is 2. The summed E-state index contributed by atoms with van der Waals surface area (Å²) in [6.45, 7) is 3.37. The predicted molar refractivity (Wildman–Crippen MR) is 154 cm³/mol. The van der Waals surface area contributed by atoms with Gasteiger partial charge in [-0.3, -0.25) is 14.5 Å². The van der Waals surface area contributed by atoms with Crippen LogP contribution in [0.5, 0.6) is 0 Å². The molecule has 0 radical (unpaired) electrons. The number of hydrogen-bond donors (Lipinski definition) is 3. The number of imide groups is 1. The van der Waals surface area contributed by atoms with Crippen molar-refractivity contribution in [3.8, 4) is 0 Å². The van der Waals surface area contributed by atoms with Crippen molar-refractivity contribution in [2.75, 3.05) is 4.90 Å². The molecule has 10 heteroatoms. The molecule has 208 valence electrons. The monoisotopic (exact) mass is 570 g/mol. The second-order valence-corrected chi connectivity index (χ2v) is 11.1. The van der Waals surface area contributed by atoms with Gasteiger partial charge >= 0.3 is 12.0 Å². The molecule has 0 spiro atoms. The number of hydrogen-bond acceptors (Lipinski definition) is 4. The molecule has 1 fully saturated rings. The van der Waals surface area contributed by atoms with Crippen molar-refractivity contribution in [3.63, 3.8) is 0 Å². The number of fused-ring (bicyclic) bond motifs is 4. The average molecular weight is 571 g/mol. The Kier molecular flexibility index (Phi) is 6.54. The fraction of sp³-hybridized carbons (Fsp3) is 0.226. The van der Waals surface area contributed by atoms with Crippen LogP contribution >= 0.6 is 11.6 Å². The third-order valence-corrected chi connectivity index (χ3v) is 8.06. The number of carboxylic acids is 1. The van der Waals surface area contributed by atoms with Crippen LogP contribution in [-0.4, -0.2) is 50.9 Å². The number of urea groups is 1. The molecule has 3 atom stereocenters. The Morgan fingerprint density at radius 1 is 1.02 bits per heavy atom. The van der Waals surface area contributed by atoms with Crippen molar-refractivity contribution < 1.29 is 24.3 Å². The molecule has 3 heterocycles. The van der Waals surface area contributed by atoms with E-state index in [1.165, 1.54) is 12.1 Å². The number of nitrogens with one attached hydrogen (secondary N) is 2. The number of para-hydroxylation sites is 2. The third kappa shape index (κ3) is 4.33. The summed E-state index contributed by atoms with van der Waals surface area (Å²) in [7, 11) is 0. The van der Waals surface area contributed by atoms with Gasteiger partial charge in [-0.2, -0.15) is 0 Å². The number of benzene rings is 3. The fourth-order valence-electron chi connectivity index (χ4n) is 5.91. The molecule has 41 heavy (non-hydrogen) atoms. The fourth-order valence-corrected chi connectivity index (χ4v) is 6.11. The normalized spacial score (nSPS) is 18.9. The SMILES string of the molecule is CC(C)[C@@H](NC(=O)c1ccccc1N1C(=O)[C@@H]2Cc3c([nH]c4ccccc34)[C@@H](c3cccc(Cl)c3)N2C1=O)C(=O)O. The number of carboxylic acid groups (broad SMARTS) is 1. The molecular formula is C31H27ClN4O5. The molecule has 2 aliphatic rings. The van der Waals surface area contributed by atoms with Gasteiger partial charge in [0.25, 0.3) is 11.8 Å². The first kappa shape index (κ1) is 26.6. The Morgan fingerprint density at radius 3 is 2.49 bits per heavy atom. The maximum Gasteiger partial charge on any atom is 0.332 e. The van der Waals surface area contributed by atoms with Gasteiger partial charge in [0.2, 0.25) is 0 Å². The first-order valence-electron chi connectivity index (χ1n) is 13.3. The zero-order valence-electron chi connectivity index (χ0n) is 22.3. The third-order valence-electron chi connectivity index (χ3n) is 7.82. The maximum atomic E-state index is 14.2. The highest BCUT2D eigenvalue weighted by Gasteiger charge is 2.53. The van der Waals surface area contributed by atoms with Crippen molar-refractivity contribution in [2.24, 2.45) is 5.92 Å². The summed E-state index contributed by atoms with van der Waals surface area (Å²) < 4.78 is 0. The van der Waals surface area contributed by atoms with Crippen LogP contribution in [0.2, 0.25) is 5.02 Å². The first-order valence-corrected chi connectivity index (χ1v) is 13.7. The average Bonchev–Trinajstić information content (AvgIpc) is 3.44. The number of halogens is 1. The molecule has 0 unspecified atom stereocenters. The van der Waals surface area contributed by atoms with E-state index in [4.69, 9.17) is 11.6 Å². The lowest BCUT2D eigenvalue weighted by molar-refractivity contribution is -0.140. The van der Waals surface area contributed by atoms with Crippen LogP contribution in [0.25, 0.3) is 10.9 Å². The van der Waals surface area contributed by atoms with Crippen LogP contribution in [0.4, 0.5) is 10.5 Å². The molecule has 0 saturated carbocycles. The van der Waals surface area contributed by atoms with E-state index < -0.39 is 41.9 Å². The topological polar surface area (TPSA) is 123 Å². The predicted octanol–water partition coefficient (Wildman–Crippen LogP) is 5.14. The Hall–Kier alpha value is -4.63. The minimum atomic E-state index is -1.17. The van der Waals surface area contributed by atoms with Gasteiger partial charge in [-0.1, -0.05) is 67.9 Å². The summed E-state index contributed by atoms with van der Waals surface area (Å²) in [5.41, 5.74) is 3.53. The van der Waals surface area contributed by atoms with E-state index in [-0.39, 0.29) is 17.2 Å². The summed E-state index contributed by atoms with van der Waals surface area (Å²) in [5, 5.41) is 13.6. The summed E-state index contributed by atoms with van der Waals surface area (Å²) in [6.07, 6.45) is 0.292. The van der Waals surface area contributed by atoms with Crippen molar-refractivity contribution >= 4 is 52.0 Å². The lowest BCUT2D eigenvalue weighted by Crippen LogP contribution is -2.45. The van der Waals surface area contributed by atoms with Crippen LogP contribution in [0.15, 0.2) is 72.8 Å². The molecule has 2 aliphatic heterocycles. The molecule has 4 amide bonds. The van der Waals surface area contributed by atoms with E-state index in [0.29, 0.717) is 11.4 Å². The van der Waals surface area contributed by atoms with Gasteiger partial charge in [0.15, 0.2) is 0 Å². The Labute approximate surface area is 240 Å². The number of aromatic amines is 1. The zero-order valence-corrected chi connectivity index (χ0v) is 23.1. The van der Waals surface area contributed by atoms with E-state index in [1.54, 1.807) is 49.1 Å². The number of aromatic nitrogens is 1. The Balaban J connectivity index is 1.45. The smallest absolute Gasteiger partial charge is 0.332 e. The van der Waals surface area contributed by atoms with Crippen molar-refractivity contribution in [2.45, 2.75) is 38.4 Å². The maximum absolute atomic E-state index is 14.2. The summed E-state index contributed by atoms with van der Waals surface area (Å²) in [5.74, 6) is -2.70. The minimum absolute atomic E-state index is 0.0317. The van der Waals surface area contributed by atoms with E-state index in [1.807, 2.05) is 30.3 Å². The van der Waals surface area contributed by atoms with Gasteiger partial charge in [0.1, 0.15) is 18.1 Å². The summed E-state index contributed by atoms with van der Waals surface area (Å²) in [4.78, 5) is 59.4. The van der Waals surface area contributed by atoms with Gasteiger partial charge < -0.3 is 15.4 Å². The molecule has 0 bridgehead atoms. The highest BCUT2D eigenvalue weighted by Crippen LogP contribution is 2.45. The molecule has 1 saturated heterocycles. The molecule has 4 aromatic rings. The van der Waals surface area contributed by atoms with Crippen molar-refractivity contribution in [1.29, 1.82) is 0 Å². The first-order chi connectivity index (χ1) is 19.7. The van der Waals surface area contributed by atoms with Crippen molar-refractivity contribution in [1.82, 2.24) is 15.2 Å². The molecule has 3 N–H and O–H groups in total. The number of amides is 4. The lowest BCUT2D eigenvalue weighted by atomic mass is 9.89. The number of anilines is 1. The second kappa shape index (κ2) is 10.1. The molecule has 1 aromatic heterocycles. The second-order valence-electron chi connectivity index (χ2n) is 10.7.